The van der Waals surface area contributed by atoms with Crippen molar-refractivity contribution in [1.29, 1.82) is 0 Å². The Balaban J connectivity index is 1.79. The largest absolute Gasteiger partial charge is 0.360 e. The Labute approximate surface area is 147 Å². The molecule has 0 saturated heterocycles. The molecule has 0 spiro atoms. The number of carbonyl (C=O) groups is 1. The van der Waals surface area contributed by atoms with Crippen molar-refractivity contribution < 1.29 is 17.7 Å². The third kappa shape index (κ3) is 5.14. The molecule has 2 aromatic rings. The van der Waals surface area contributed by atoms with Gasteiger partial charge in [0.15, 0.2) is 5.76 Å². The highest BCUT2D eigenvalue weighted by atomic mass is 32.2. The van der Waals surface area contributed by atoms with E-state index < -0.39 is 10.0 Å². The van der Waals surface area contributed by atoms with Crippen molar-refractivity contribution in [2.45, 2.75) is 38.0 Å². The molecule has 0 aliphatic heterocycles. The minimum atomic E-state index is -3.73. The molecular formula is C17H23N3O4S. The van der Waals surface area contributed by atoms with E-state index in [1.807, 2.05) is 37.3 Å². The quantitative estimate of drug-likeness (QED) is 0.744. The molecule has 7 nitrogen and oxygen atoms in total. The lowest BCUT2D eigenvalue weighted by Gasteiger charge is -2.13. The lowest BCUT2D eigenvalue weighted by atomic mass is 10.0. The molecule has 1 amide bonds. The van der Waals surface area contributed by atoms with E-state index in [2.05, 4.69) is 15.2 Å². The summed E-state index contributed by atoms with van der Waals surface area (Å²) in [6.07, 6.45) is 0.0596. The van der Waals surface area contributed by atoms with Crippen LogP contribution in [0.2, 0.25) is 0 Å². The highest BCUT2D eigenvalue weighted by Crippen LogP contribution is 2.18. The van der Waals surface area contributed by atoms with Gasteiger partial charge in [0, 0.05) is 19.5 Å². The van der Waals surface area contributed by atoms with E-state index in [1.54, 1.807) is 6.92 Å². The van der Waals surface area contributed by atoms with Gasteiger partial charge in [-0.15, -0.1) is 0 Å². The van der Waals surface area contributed by atoms with Crippen LogP contribution in [-0.4, -0.2) is 32.6 Å². The number of carbonyl (C=O) groups excluding carboxylic acids is 1. The van der Waals surface area contributed by atoms with Crippen LogP contribution in [0.25, 0.3) is 0 Å². The second-order valence-corrected chi connectivity index (χ2v) is 7.62. The van der Waals surface area contributed by atoms with Gasteiger partial charge in [0.1, 0.15) is 10.6 Å². The Hall–Kier alpha value is -2.19. The van der Waals surface area contributed by atoms with Crippen LogP contribution in [0.4, 0.5) is 0 Å². The average Bonchev–Trinajstić information content (AvgIpc) is 2.92. The Morgan fingerprint density at radius 1 is 1.24 bits per heavy atom. The molecule has 0 fully saturated rings. The molecule has 2 N–H and O–H groups in total. The highest BCUT2D eigenvalue weighted by molar-refractivity contribution is 7.89. The van der Waals surface area contributed by atoms with Gasteiger partial charge in [0.2, 0.25) is 15.9 Å². The SMILES string of the molecule is Cc1noc(C)c1S(=O)(=O)NCCC(=O)NC[C@@H](C)c1ccccc1. The Kier molecular flexibility index (Phi) is 6.33. The van der Waals surface area contributed by atoms with E-state index >= 15 is 0 Å². The second-order valence-electron chi connectivity index (χ2n) is 5.92. The molecule has 1 aromatic heterocycles. The fourth-order valence-corrected chi connectivity index (χ4v) is 3.84. The Bertz CT molecular complexity index is 796. The molecule has 136 valence electrons. The van der Waals surface area contributed by atoms with Gasteiger partial charge in [-0.2, -0.15) is 0 Å². The summed E-state index contributed by atoms with van der Waals surface area (Å²) in [4.78, 5) is 11.9. The van der Waals surface area contributed by atoms with Crippen LogP contribution < -0.4 is 10.0 Å². The predicted molar refractivity (Wildman–Crippen MR) is 93.6 cm³/mol. The molecule has 0 unspecified atom stereocenters. The molecule has 1 heterocycles. The van der Waals surface area contributed by atoms with Crippen molar-refractivity contribution in [3.8, 4) is 0 Å². The fourth-order valence-electron chi connectivity index (χ4n) is 2.48. The molecule has 25 heavy (non-hydrogen) atoms. The number of aryl methyl sites for hydroxylation is 2. The molecule has 8 heteroatoms. The third-order valence-corrected chi connectivity index (χ3v) is 5.56. The first kappa shape index (κ1) is 19.1. The lowest BCUT2D eigenvalue weighted by Crippen LogP contribution is -2.32. The van der Waals surface area contributed by atoms with E-state index in [-0.39, 0.29) is 35.4 Å². The predicted octanol–water partition coefficient (Wildman–Crippen LogP) is 1.88. The summed E-state index contributed by atoms with van der Waals surface area (Å²) in [5.74, 6) is 0.208. The van der Waals surface area contributed by atoms with Gasteiger partial charge >= 0.3 is 0 Å². The molecule has 0 aliphatic rings. The number of sulfonamides is 1. The number of hydrogen-bond donors (Lipinski definition) is 2. The van der Waals surface area contributed by atoms with Crippen molar-refractivity contribution in [2.75, 3.05) is 13.1 Å². The van der Waals surface area contributed by atoms with Crippen LogP contribution >= 0.6 is 0 Å². The summed E-state index contributed by atoms with van der Waals surface area (Å²) < 4.78 is 31.7. The zero-order valence-electron chi connectivity index (χ0n) is 14.6. The second kappa shape index (κ2) is 8.26. The normalized spacial score (nSPS) is 12.8. The first-order chi connectivity index (χ1) is 11.8. The van der Waals surface area contributed by atoms with E-state index in [9.17, 15) is 13.2 Å². The van der Waals surface area contributed by atoms with E-state index in [0.29, 0.717) is 12.2 Å². The van der Waals surface area contributed by atoms with Gasteiger partial charge in [-0.3, -0.25) is 4.79 Å². The summed E-state index contributed by atoms with van der Waals surface area (Å²) in [7, 11) is -3.73. The summed E-state index contributed by atoms with van der Waals surface area (Å²) in [6, 6.07) is 9.87. The summed E-state index contributed by atoms with van der Waals surface area (Å²) in [5.41, 5.74) is 1.44. The van der Waals surface area contributed by atoms with Crippen molar-refractivity contribution in [3.05, 3.63) is 47.3 Å². The summed E-state index contributed by atoms with van der Waals surface area (Å²) in [5, 5.41) is 6.45. The maximum absolute atomic E-state index is 12.2. The molecular weight excluding hydrogens is 342 g/mol. The monoisotopic (exact) mass is 365 g/mol. The first-order valence-corrected chi connectivity index (χ1v) is 9.53. The number of aromatic nitrogens is 1. The minimum absolute atomic E-state index is 0.0118. The standard InChI is InChI=1S/C17H23N3O4S/c1-12(15-7-5-4-6-8-15)11-18-16(21)9-10-19-25(22,23)17-13(2)20-24-14(17)3/h4-8,12,19H,9-11H2,1-3H3,(H,18,21)/t12-/m1/s1. The maximum Gasteiger partial charge on any atom is 0.245 e. The highest BCUT2D eigenvalue weighted by Gasteiger charge is 2.23. The van der Waals surface area contributed by atoms with Gasteiger partial charge in [-0.1, -0.05) is 42.4 Å². The topological polar surface area (TPSA) is 101 Å². The van der Waals surface area contributed by atoms with Crippen LogP contribution in [0, 0.1) is 13.8 Å². The zero-order valence-corrected chi connectivity index (χ0v) is 15.4. The number of benzene rings is 1. The Morgan fingerprint density at radius 3 is 2.52 bits per heavy atom. The van der Waals surface area contributed by atoms with Crippen molar-refractivity contribution in [1.82, 2.24) is 15.2 Å². The van der Waals surface area contributed by atoms with Gasteiger partial charge < -0.3 is 9.84 Å². The van der Waals surface area contributed by atoms with Crippen LogP contribution in [0.3, 0.4) is 0 Å². The zero-order chi connectivity index (χ0) is 18.4. The molecule has 1 aromatic carbocycles. The smallest absolute Gasteiger partial charge is 0.245 e. The van der Waals surface area contributed by atoms with Gasteiger partial charge in [-0.05, 0) is 25.3 Å². The van der Waals surface area contributed by atoms with E-state index in [4.69, 9.17) is 4.52 Å². The van der Waals surface area contributed by atoms with Crippen LogP contribution in [0.1, 0.15) is 36.3 Å². The fraction of sp³-hybridized carbons (Fsp3) is 0.412. The van der Waals surface area contributed by atoms with Gasteiger partial charge in [0.05, 0.1) is 0 Å². The molecule has 0 radical (unpaired) electrons. The maximum atomic E-state index is 12.2. The van der Waals surface area contributed by atoms with E-state index in [1.165, 1.54) is 6.92 Å². The number of rotatable bonds is 8. The van der Waals surface area contributed by atoms with Gasteiger partial charge in [0.25, 0.3) is 0 Å². The van der Waals surface area contributed by atoms with Crippen molar-refractivity contribution in [2.24, 2.45) is 0 Å². The molecule has 1 atom stereocenters. The van der Waals surface area contributed by atoms with Crippen molar-refractivity contribution in [3.63, 3.8) is 0 Å². The van der Waals surface area contributed by atoms with Gasteiger partial charge in [-0.25, -0.2) is 13.1 Å². The average molecular weight is 365 g/mol. The van der Waals surface area contributed by atoms with Crippen LogP contribution in [0.5, 0.6) is 0 Å². The third-order valence-electron chi connectivity index (χ3n) is 3.85. The molecule has 2 rings (SSSR count). The number of amides is 1. The van der Waals surface area contributed by atoms with Crippen LogP contribution in [-0.2, 0) is 14.8 Å². The van der Waals surface area contributed by atoms with E-state index in [0.717, 1.165) is 5.56 Å². The van der Waals surface area contributed by atoms with Crippen LogP contribution in [0.15, 0.2) is 39.8 Å². The molecule has 0 saturated carbocycles. The van der Waals surface area contributed by atoms with Crippen molar-refractivity contribution >= 4 is 15.9 Å². The Morgan fingerprint density at radius 2 is 1.92 bits per heavy atom. The summed E-state index contributed by atoms with van der Waals surface area (Å²) >= 11 is 0. The lowest BCUT2D eigenvalue weighted by molar-refractivity contribution is -0.120. The number of hydrogen-bond acceptors (Lipinski definition) is 5. The molecule has 0 bridgehead atoms. The first-order valence-electron chi connectivity index (χ1n) is 8.05. The minimum Gasteiger partial charge on any atom is -0.360 e. The molecule has 0 aliphatic carbocycles. The number of nitrogens with one attached hydrogen (secondary N) is 2. The number of nitrogens with zero attached hydrogens (tertiary/aromatic N) is 1. The summed E-state index contributed by atoms with van der Waals surface area (Å²) in [6.45, 7) is 5.63.